The number of ether oxygens (including phenoxy) is 1. The molecule has 0 heterocycles. The Balaban J connectivity index is 2.95. The lowest BCUT2D eigenvalue weighted by Gasteiger charge is -2.22. The minimum atomic E-state index is -1.05. The predicted octanol–water partition coefficient (Wildman–Crippen LogP) is 1.13. The van der Waals surface area contributed by atoms with Crippen LogP contribution in [0.1, 0.15) is 13.8 Å². The highest BCUT2D eigenvalue weighted by molar-refractivity contribution is 5.81. The number of nitrogens with one attached hydrogen (secondary N) is 1. The number of rotatable bonds is 5. The van der Waals surface area contributed by atoms with Crippen LogP contribution in [0, 0.1) is 21.3 Å². The molecule has 3 N–H and O–H groups in total. The first-order chi connectivity index (χ1) is 8.79. The van der Waals surface area contributed by atoms with Crippen LogP contribution >= 0.6 is 0 Å². The number of hydrogen-bond acceptors (Lipinski definition) is 5. The van der Waals surface area contributed by atoms with E-state index in [9.17, 15) is 19.3 Å². The third-order valence-corrected chi connectivity index (χ3v) is 2.47. The van der Waals surface area contributed by atoms with Gasteiger partial charge >= 0.3 is 5.69 Å². The minimum Gasteiger partial charge on any atom is -0.484 e. The van der Waals surface area contributed by atoms with Gasteiger partial charge < -0.3 is 4.74 Å². The van der Waals surface area contributed by atoms with Gasteiger partial charge in [-0.25, -0.2) is 10.2 Å². The van der Waals surface area contributed by atoms with Crippen molar-refractivity contribution < 1.29 is 18.8 Å². The van der Waals surface area contributed by atoms with Crippen molar-refractivity contribution in [3.8, 4) is 5.75 Å². The van der Waals surface area contributed by atoms with Gasteiger partial charge in [-0.15, -0.1) is 0 Å². The van der Waals surface area contributed by atoms with Gasteiger partial charge in [-0.2, -0.15) is 0 Å². The Bertz CT molecular complexity index is 505. The lowest BCUT2D eigenvalue weighted by molar-refractivity contribution is -0.386. The van der Waals surface area contributed by atoms with E-state index in [2.05, 4.69) is 0 Å². The smallest absolute Gasteiger partial charge is 0.314 e. The summed E-state index contributed by atoms with van der Waals surface area (Å²) >= 11 is 0. The lowest BCUT2D eigenvalue weighted by Crippen LogP contribution is -2.44. The number of para-hydroxylation sites is 1. The molecule has 0 unspecified atom stereocenters. The number of hydrogen-bond donors (Lipinski definition) is 2. The fourth-order valence-electron chi connectivity index (χ4n) is 1.30. The van der Waals surface area contributed by atoms with Gasteiger partial charge in [0.05, 0.1) is 10.3 Å². The zero-order chi connectivity index (χ0) is 14.6. The van der Waals surface area contributed by atoms with Crippen molar-refractivity contribution in [2.24, 2.45) is 11.3 Å². The molecule has 0 aliphatic carbocycles. The summed E-state index contributed by atoms with van der Waals surface area (Å²) in [4.78, 5) is 21.4. The summed E-state index contributed by atoms with van der Waals surface area (Å²) in [6.07, 6.45) is 0. The summed E-state index contributed by atoms with van der Waals surface area (Å²) in [6, 6.07) is 3.37. The van der Waals surface area contributed by atoms with Gasteiger partial charge in [-0.1, -0.05) is 6.07 Å². The van der Waals surface area contributed by atoms with Gasteiger partial charge in [-0.3, -0.25) is 20.3 Å². The molecule has 1 amide bonds. The Kier molecular flexibility index (Phi) is 4.38. The van der Waals surface area contributed by atoms with Crippen LogP contribution < -0.4 is 16.0 Å². The average molecular weight is 271 g/mol. The SMILES string of the molecule is CC(C)(COc1c(F)cccc1[N+](=O)[O-])C(=O)NN. The predicted molar refractivity (Wildman–Crippen MR) is 64.7 cm³/mol. The molecule has 0 fully saturated rings. The van der Waals surface area contributed by atoms with E-state index in [1.807, 2.05) is 5.43 Å². The van der Waals surface area contributed by atoms with Crippen LogP contribution in [0.25, 0.3) is 0 Å². The molecular formula is C11H14FN3O4. The highest BCUT2D eigenvalue weighted by atomic mass is 19.1. The van der Waals surface area contributed by atoms with E-state index < -0.39 is 33.5 Å². The first-order valence-electron chi connectivity index (χ1n) is 5.36. The van der Waals surface area contributed by atoms with Crippen LogP contribution in [0.4, 0.5) is 10.1 Å². The van der Waals surface area contributed by atoms with E-state index in [-0.39, 0.29) is 6.61 Å². The van der Waals surface area contributed by atoms with Crippen molar-refractivity contribution in [1.29, 1.82) is 0 Å². The van der Waals surface area contributed by atoms with E-state index in [0.29, 0.717) is 0 Å². The fraction of sp³-hybridized carbons (Fsp3) is 0.364. The van der Waals surface area contributed by atoms with Crippen LogP contribution in [0.15, 0.2) is 18.2 Å². The topological polar surface area (TPSA) is 107 Å². The molecule has 104 valence electrons. The number of amides is 1. The number of nitro benzene ring substituents is 1. The van der Waals surface area contributed by atoms with Crippen molar-refractivity contribution in [3.63, 3.8) is 0 Å². The van der Waals surface area contributed by atoms with Gasteiger partial charge in [0.2, 0.25) is 11.7 Å². The number of benzene rings is 1. The summed E-state index contributed by atoms with van der Waals surface area (Å²) in [6.45, 7) is 2.78. The molecule has 0 saturated carbocycles. The third-order valence-electron chi connectivity index (χ3n) is 2.47. The van der Waals surface area contributed by atoms with Gasteiger partial charge in [0.1, 0.15) is 6.61 Å². The molecular weight excluding hydrogens is 257 g/mol. The normalized spacial score (nSPS) is 10.9. The number of carbonyl (C=O) groups excluding carboxylic acids is 1. The molecule has 0 aliphatic heterocycles. The van der Waals surface area contributed by atoms with Crippen molar-refractivity contribution in [2.75, 3.05) is 6.61 Å². The van der Waals surface area contributed by atoms with Gasteiger partial charge in [0.25, 0.3) is 0 Å². The Morgan fingerprint density at radius 2 is 2.21 bits per heavy atom. The maximum Gasteiger partial charge on any atom is 0.314 e. The van der Waals surface area contributed by atoms with Crippen LogP contribution in [0.3, 0.4) is 0 Å². The van der Waals surface area contributed by atoms with Gasteiger partial charge in [-0.05, 0) is 19.9 Å². The van der Waals surface area contributed by atoms with Crippen LogP contribution in [0.2, 0.25) is 0 Å². The van der Waals surface area contributed by atoms with Crippen LogP contribution in [-0.4, -0.2) is 17.4 Å². The Morgan fingerprint density at radius 1 is 1.58 bits per heavy atom. The molecule has 19 heavy (non-hydrogen) atoms. The van der Waals surface area contributed by atoms with Crippen molar-refractivity contribution >= 4 is 11.6 Å². The quantitative estimate of drug-likeness (QED) is 0.361. The number of halogens is 1. The van der Waals surface area contributed by atoms with E-state index in [1.165, 1.54) is 19.9 Å². The zero-order valence-corrected chi connectivity index (χ0v) is 10.5. The Morgan fingerprint density at radius 3 is 2.74 bits per heavy atom. The zero-order valence-electron chi connectivity index (χ0n) is 10.5. The highest BCUT2D eigenvalue weighted by Crippen LogP contribution is 2.31. The summed E-state index contributed by atoms with van der Waals surface area (Å²) < 4.78 is 18.6. The molecule has 0 saturated heterocycles. The molecule has 1 rings (SSSR count). The largest absolute Gasteiger partial charge is 0.484 e. The Hall–Kier alpha value is -2.22. The number of nitro groups is 1. The second-order valence-electron chi connectivity index (χ2n) is 4.49. The van der Waals surface area contributed by atoms with Crippen molar-refractivity contribution in [3.05, 3.63) is 34.1 Å². The second kappa shape index (κ2) is 5.61. The second-order valence-corrected chi connectivity index (χ2v) is 4.49. The number of nitrogens with two attached hydrogens (primary N) is 1. The average Bonchev–Trinajstić information content (AvgIpc) is 2.35. The molecule has 0 bridgehead atoms. The van der Waals surface area contributed by atoms with Crippen molar-refractivity contribution in [2.45, 2.75) is 13.8 Å². The minimum absolute atomic E-state index is 0.252. The first kappa shape index (κ1) is 14.8. The summed E-state index contributed by atoms with van der Waals surface area (Å²) in [5, 5.41) is 10.7. The van der Waals surface area contributed by atoms with Crippen LogP contribution in [0.5, 0.6) is 5.75 Å². The number of nitrogens with zero attached hydrogens (tertiary/aromatic N) is 1. The fourth-order valence-corrected chi connectivity index (χ4v) is 1.30. The maximum absolute atomic E-state index is 13.5. The molecule has 0 spiro atoms. The summed E-state index contributed by atoms with van der Waals surface area (Å²) in [5.41, 5.74) is 0.400. The maximum atomic E-state index is 13.5. The first-order valence-corrected chi connectivity index (χ1v) is 5.36. The Labute approximate surface area is 108 Å². The van der Waals surface area contributed by atoms with Crippen LogP contribution in [-0.2, 0) is 4.79 Å². The van der Waals surface area contributed by atoms with E-state index in [4.69, 9.17) is 10.6 Å². The van der Waals surface area contributed by atoms with E-state index in [1.54, 1.807) is 0 Å². The molecule has 0 radical (unpaired) electrons. The molecule has 7 nitrogen and oxygen atoms in total. The lowest BCUT2D eigenvalue weighted by atomic mass is 9.94. The molecule has 1 aromatic rings. The molecule has 0 aromatic heterocycles. The van der Waals surface area contributed by atoms with Crippen molar-refractivity contribution in [1.82, 2.24) is 5.43 Å². The highest BCUT2D eigenvalue weighted by Gasteiger charge is 2.30. The summed E-state index contributed by atoms with van der Waals surface area (Å²) in [7, 11) is 0. The molecule has 0 atom stereocenters. The van der Waals surface area contributed by atoms with E-state index in [0.717, 1.165) is 12.1 Å². The number of hydrazine groups is 1. The monoisotopic (exact) mass is 271 g/mol. The van der Waals surface area contributed by atoms with Gasteiger partial charge in [0.15, 0.2) is 5.82 Å². The molecule has 8 heteroatoms. The van der Waals surface area contributed by atoms with Gasteiger partial charge in [0, 0.05) is 6.07 Å². The molecule has 0 aliphatic rings. The molecule has 1 aromatic carbocycles. The third kappa shape index (κ3) is 3.38. The summed E-state index contributed by atoms with van der Waals surface area (Å²) in [5.74, 6) is 3.12. The number of carbonyl (C=O) groups is 1. The van der Waals surface area contributed by atoms with E-state index >= 15 is 0 Å². The standard InChI is InChI=1S/C11H14FN3O4/c1-11(2,10(16)14-13)6-19-9-7(12)4-3-5-8(9)15(17)18/h3-5H,6,13H2,1-2H3,(H,14,16).